The number of ether oxygens (including phenoxy) is 1. The van der Waals surface area contributed by atoms with Gasteiger partial charge in [-0.2, -0.15) is 0 Å². The lowest BCUT2D eigenvalue weighted by Crippen LogP contribution is -2.44. The highest BCUT2D eigenvalue weighted by atomic mass is 16.5. The first-order valence-corrected chi connectivity index (χ1v) is 10.2. The summed E-state index contributed by atoms with van der Waals surface area (Å²) in [5.41, 5.74) is 4.22. The second-order valence-corrected chi connectivity index (χ2v) is 7.84. The molecule has 4 rings (SSSR count). The molecule has 1 amide bonds. The Hall–Kier alpha value is -1.81. The Morgan fingerprint density at radius 1 is 1.19 bits per heavy atom. The first-order valence-electron chi connectivity index (χ1n) is 10.2. The maximum Gasteiger partial charge on any atom is 0.265 e. The first kappa shape index (κ1) is 17.6. The molecule has 4 nitrogen and oxygen atoms in total. The van der Waals surface area contributed by atoms with E-state index in [9.17, 15) is 4.79 Å². The van der Waals surface area contributed by atoms with Crippen LogP contribution in [0.3, 0.4) is 0 Å². The lowest BCUT2D eigenvalue weighted by molar-refractivity contribution is -0.121. The van der Waals surface area contributed by atoms with Gasteiger partial charge in [-0.05, 0) is 57.6 Å². The quantitative estimate of drug-likeness (QED) is 0.745. The highest BCUT2D eigenvalue weighted by molar-refractivity contribution is 5.97. The summed E-state index contributed by atoms with van der Waals surface area (Å²) in [6, 6.07) is 9.28. The van der Waals surface area contributed by atoms with E-state index in [0.717, 1.165) is 37.0 Å². The molecule has 0 aliphatic carbocycles. The molecule has 2 unspecified atom stereocenters. The number of piperidine rings is 1. The summed E-state index contributed by atoms with van der Waals surface area (Å²) in [6.07, 6.45) is 7.44. The van der Waals surface area contributed by atoms with Gasteiger partial charge in [0.2, 0.25) is 0 Å². The zero-order valence-electron chi connectivity index (χ0n) is 16.0. The smallest absolute Gasteiger partial charge is 0.265 e. The van der Waals surface area contributed by atoms with Gasteiger partial charge >= 0.3 is 0 Å². The highest BCUT2D eigenvalue weighted by Gasteiger charge is 2.39. The molecular formula is C22H30N2O2. The number of hydrogen-bond acceptors (Lipinski definition) is 3. The van der Waals surface area contributed by atoms with Crippen molar-refractivity contribution in [3.05, 3.63) is 35.4 Å². The van der Waals surface area contributed by atoms with Gasteiger partial charge in [-0.15, -0.1) is 0 Å². The van der Waals surface area contributed by atoms with Crippen molar-refractivity contribution in [3.8, 4) is 5.75 Å². The minimum Gasteiger partial charge on any atom is -0.482 e. The molecule has 3 aliphatic heterocycles. The fourth-order valence-electron chi connectivity index (χ4n) is 4.98. The molecule has 26 heavy (non-hydrogen) atoms. The lowest BCUT2D eigenvalue weighted by atomic mass is 9.91. The Morgan fingerprint density at radius 2 is 2.04 bits per heavy atom. The van der Waals surface area contributed by atoms with Crippen molar-refractivity contribution in [1.29, 1.82) is 0 Å². The largest absolute Gasteiger partial charge is 0.482 e. The van der Waals surface area contributed by atoms with Gasteiger partial charge in [0, 0.05) is 25.2 Å². The van der Waals surface area contributed by atoms with E-state index < -0.39 is 0 Å². The molecule has 140 valence electrons. The summed E-state index contributed by atoms with van der Waals surface area (Å²) < 4.78 is 5.55. The van der Waals surface area contributed by atoms with Crippen LogP contribution in [-0.4, -0.2) is 42.6 Å². The summed E-state index contributed by atoms with van der Waals surface area (Å²) >= 11 is 0. The maximum atomic E-state index is 12.3. The number of fused-ring (bicyclic) bond motifs is 3. The van der Waals surface area contributed by atoms with Crippen molar-refractivity contribution in [2.24, 2.45) is 0 Å². The second kappa shape index (κ2) is 7.43. The van der Waals surface area contributed by atoms with Crippen LogP contribution in [-0.2, 0) is 4.79 Å². The fourth-order valence-corrected chi connectivity index (χ4v) is 4.98. The predicted molar refractivity (Wildman–Crippen MR) is 105 cm³/mol. The van der Waals surface area contributed by atoms with Gasteiger partial charge in [-0.1, -0.05) is 30.2 Å². The average Bonchev–Trinajstić information content (AvgIpc) is 2.93. The zero-order chi connectivity index (χ0) is 18.1. The molecule has 2 fully saturated rings. The van der Waals surface area contributed by atoms with Crippen LogP contribution in [0.15, 0.2) is 35.4 Å². The number of hydrogen-bond donors (Lipinski definition) is 0. The number of nitrogens with zero attached hydrogens (tertiary/aromatic N) is 2. The molecule has 1 aromatic carbocycles. The number of allylic oxidation sites excluding steroid dienone is 1. The predicted octanol–water partition coefficient (Wildman–Crippen LogP) is 4.16. The normalized spacial score (nSPS) is 27.3. The molecule has 0 saturated carbocycles. The average molecular weight is 354 g/mol. The summed E-state index contributed by atoms with van der Waals surface area (Å²) in [5.74, 6) is 0.904. The fraction of sp³-hybridized carbons (Fsp3) is 0.591. The van der Waals surface area contributed by atoms with E-state index >= 15 is 0 Å². The molecule has 2 atom stereocenters. The van der Waals surface area contributed by atoms with E-state index in [0.29, 0.717) is 6.04 Å². The monoisotopic (exact) mass is 354 g/mol. The van der Waals surface area contributed by atoms with Crippen molar-refractivity contribution >= 4 is 11.6 Å². The number of anilines is 1. The summed E-state index contributed by atoms with van der Waals surface area (Å²) in [7, 11) is 0. The second-order valence-electron chi connectivity index (χ2n) is 7.84. The van der Waals surface area contributed by atoms with Gasteiger partial charge in [0.1, 0.15) is 5.75 Å². The van der Waals surface area contributed by atoms with Crippen molar-refractivity contribution in [2.45, 2.75) is 64.5 Å². The van der Waals surface area contributed by atoms with E-state index in [1.54, 1.807) is 11.1 Å². The van der Waals surface area contributed by atoms with Crippen LogP contribution >= 0.6 is 0 Å². The van der Waals surface area contributed by atoms with Gasteiger partial charge in [0.15, 0.2) is 6.61 Å². The molecular weight excluding hydrogens is 324 g/mol. The highest BCUT2D eigenvalue weighted by Crippen LogP contribution is 2.40. The Kier molecular flexibility index (Phi) is 5.03. The summed E-state index contributed by atoms with van der Waals surface area (Å²) in [6.45, 7) is 6.61. The third-order valence-corrected chi connectivity index (χ3v) is 6.48. The Balaban J connectivity index is 1.42. The van der Waals surface area contributed by atoms with Crippen molar-refractivity contribution in [3.63, 3.8) is 0 Å². The molecule has 0 aromatic heterocycles. The van der Waals surface area contributed by atoms with E-state index in [4.69, 9.17) is 4.74 Å². The van der Waals surface area contributed by atoms with E-state index in [1.807, 2.05) is 29.2 Å². The van der Waals surface area contributed by atoms with E-state index in [-0.39, 0.29) is 12.5 Å². The SMILES string of the molecule is CCC(C)=C1CCC2CCC1N2CCCN1C(=O)COc2ccccc21. The van der Waals surface area contributed by atoms with Gasteiger partial charge in [0.05, 0.1) is 5.69 Å². The number of benzene rings is 1. The summed E-state index contributed by atoms with van der Waals surface area (Å²) in [4.78, 5) is 17.0. The van der Waals surface area contributed by atoms with E-state index in [2.05, 4.69) is 18.7 Å². The minimum atomic E-state index is 0.0766. The number of amides is 1. The molecule has 2 saturated heterocycles. The molecule has 4 heteroatoms. The minimum absolute atomic E-state index is 0.0766. The number of rotatable bonds is 5. The molecule has 1 aromatic rings. The molecule has 3 heterocycles. The summed E-state index contributed by atoms with van der Waals surface area (Å²) in [5, 5.41) is 0. The van der Waals surface area contributed by atoms with Crippen LogP contribution in [0.5, 0.6) is 5.75 Å². The first-order chi connectivity index (χ1) is 12.7. The van der Waals surface area contributed by atoms with Gasteiger partial charge in [-0.3, -0.25) is 9.69 Å². The zero-order valence-corrected chi connectivity index (χ0v) is 16.0. The lowest BCUT2D eigenvalue weighted by Gasteiger charge is -2.38. The molecule has 0 spiro atoms. The number of carbonyl (C=O) groups excluding carboxylic acids is 1. The van der Waals surface area contributed by atoms with Crippen LogP contribution in [0.25, 0.3) is 0 Å². The van der Waals surface area contributed by atoms with Crippen molar-refractivity contribution in [1.82, 2.24) is 4.90 Å². The third-order valence-electron chi connectivity index (χ3n) is 6.48. The Bertz CT molecular complexity index is 712. The topological polar surface area (TPSA) is 32.8 Å². The van der Waals surface area contributed by atoms with Gasteiger partial charge in [0.25, 0.3) is 5.91 Å². The number of carbonyl (C=O) groups is 1. The standard InChI is InChI=1S/C22H30N2O2/c1-3-16(2)18-11-9-17-10-12-19(18)23(17)13-6-14-24-20-7-4-5-8-21(20)26-15-22(24)25/h4-5,7-8,17,19H,3,6,9-15H2,1-2H3. The maximum absolute atomic E-state index is 12.3. The number of para-hydroxylation sites is 2. The Labute approximate surface area is 156 Å². The van der Waals surface area contributed by atoms with Crippen molar-refractivity contribution < 1.29 is 9.53 Å². The van der Waals surface area contributed by atoms with Crippen LogP contribution in [0.2, 0.25) is 0 Å². The molecule has 0 N–H and O–H groups in total. The van der Waals surface area contributed by atoms with Gasteiger partial charge < -0.3 is 9.64 Å². The third kappa shape index (κ3) is 3.16. The van der Waals surface area contributed by atoms with Crippen LogP contribution in [0.1, 0.15) is 52.4 Å². The van der Waals surface area contributed by atoms with Crippen LogP contribution in [0.4, 0.5) is 5.69 Å². The molecule has 0 radical (unpaired) electrons. The molecule has 2 bridgehead atoms. The Morgan fingerprint density at radius 3 is 2.88 bits per heavy atom. The van der Waals surface area contributed by atoms with Crippen LogP contribution in [0, 0.1) is 0 Å². The van der Waals surface area contributed by atoms with Crippen molar-refractivity contribution in [2.75, 3.05) is 24.6 Å². The van der Waals surface area contributed by atoms with Crippen LogP contribution < -0.4 is 9.64 Å². The molecule has 3 aliphatic rings. The van der Waals surface area contributed by atoms with E-state index in [1.165, 1.54) is 32.1 Å². The van der Waals surface area contributed by atoms with Gasteiger partial charge in [-0.25, -0.2) is 0 Å².